The highest BCUT2D eigenvalue weighted by molar-refractivity contribution is 6.33. The molecule has 1 N–H and O–H groups in total. The van der Waals surface area contributed by atoms with Crippen LogP contribution in [0.1, 0.15) is 21.8 Å². The van der Waals surface area contributed by atoms with Crippen molar-refractivity contribution in [2.75, 3.05) is 6.79 Å². The van der Waals surface area contributed by atoms with Gasteiger partial charge in [-0.25, -0.2) is 0 Å². The molecule has 1 aliphatic heterocycles. The van der Waals surface area contributed by atoms with E-state index in [0.717, 1.165) is 5.56 Å². The molecule has 0 atom stereocenters. The Hall–Kier alpha value is -3.78. The molecule has 0 spiro atoms. The predicted octanol–water partition coefficient (Wildman–Crippen LogP) is 4.62. The number of rotatable bonds is 5. The van der Waals surface area contributed by atoms with E-state index in [1.165, 1.54) is 0 Å². The van der Waals surface area contributed by atoms with Gasteiger partial charge < -0.3 is 23.8 Å². The molecule has 0 fully saturated rings. The summed E-state index contributed by atoms with van der Waals surface area (Å²) in [6, 6.07) is 14.4. The Bertz CT molecular complexity index is 1280. The lowest BCUT2D eigenvalue weighted by Crippen LogP contribution is -2.23. The highest BCUT2D eigenvalue weighted by atomic mass is 35.5. The molecule has 1 amide bonds. The van der Waals surface area contributed by atoms with Gasteiger partial charge in [-0.2, -0.15) is 0 Å². The molecule has 31 heavy (non-hydrogen) atoms. The smallest absolute Gasteiger partial charge is 0.257 e. The van der Waals surface area contributed by atoms with Crippen LogP contribution in [0.3, 0.4) is 0 Å². The summed E-state index contributed by atoms with van der Waals surface area (Å²) in [5, 5.41) is 11.4. The summed E-state index contributed by atoms with van der Waals surface area (Å²) in [6.07, 6.45) is 0. The van der Waals surface area contributed by atoms with Crippen molar-refractivity contribution in [2.45, 2.75) is 13.5 Å². The summed E-state index contributed by atoms with van der Waals surface area (Å²) in [5.74, 6) is 1.95. The summed E-state index contributed by atoms with van der Waals surface area (Å²) in [7, 11) is 0. The SMILES string of the molecule is Cc1onc(-c2ccccc2Cl)c1C(=O)NCc1cc(-c2ccc3c(c2)OCO3)on1. The number of hydrogen-bond donors (Lipinski definition) is 1. The zero-order chi connectivity index (χ0) is 21.4. The summed E-state index contributed by atoms with van der Waals surface area (Å²) >= 11 is 6.26. The Labute approximate surface area is 181 Å². The third kappa shape index (κ3) is 3.62. The first-order valence-corrected chi connectivity index (χ1v) is 9.83. The number of halogens is 1. The first kappa shape index (κ1) is 19.2. The van der Waals surface area contributed by atoms with Crippen LogP contribution in [0.5, 0.6) is 11.5 Å². The van der Waals surface area contributed by atoms with Crippen molar-refractivity contribution < 1.29 is 23.3 Å². The van der Waals surface area contributed by atoms with Gasteiger partial charge in [0, 0.05) is 17.2 Å². The maximum Gasteiger partial charge on any atom is 0.257 e. The van der Waals surface area contributed by atoms with E-state index in [2.05, 4.69) is 15.6 Å². The lowest BCUT2D eigenvalue weighted by atomic mass is 10.1. The number of aryl methyl sites for hydroxylation is 1. The quantitative estimate of drug-likeness (QED) is 0.486. The van der Waals surface area contributed by atoms with Gasteiger partial charge in [0.2, 0.25) is 6.79 Å². The van der Waals surface area contributed by atoms with Crippen LogP contribution in [0.15, 0.2) is 57.6 Å². The zero-order valence-electron chi connectivity index (χ0n) is 16.3. The molecule has 0 radical (unpaired) electrons. The molecule has 0 saturated carbocycles. The summed E-state index contributed by atoms with van der Waals surface area (Å²) in [6.45, 7) is 2.04. The van der Waals surface area contributed by atoms with E-state index in [1.54, 1.807) is 31.2 Å². The van der Waals surface area contributed by atoms with Gasteiger partial charge in [0.25, 0.3) is 5.91 Å². The van der Waals surface area contributed by atoms with E-state index < -0.39 is 0 Å². The van der Waals surface area contributed by atoms with Gasteiger partial charge in [-0.05, 0) is 31.2 Å². The summed E-state index contributed by atoms with van der Waals surface area (Å²) in [4.78, 5) is 12.9. The molecule has 2 aromatic carbocycles. The Morgan fingerprint density at radius 3 is 2.77 bits per heavy atom. The molecule has 8 nitrogen and oxygen atoms in total. The van der Waals surface area contributed by atoms with Gasteiger partial charge in [-0.1, -0.05) is 40.1 Å². The summed E-state index contributed by atoms with van der Waals surface area (Å²) < 4.78 is 21.4. The molecule has 2 aromatic heterocycles. The summed E-state index contributed by atoms with van der Waals surface area (Å²) in [5.41, 5.74) is 2.70. The molecule has 5 rings (SSSR count). The van der Waals surface area contributed by atoms with Crippen molar-refractivity contribution in [2.24, 2.45) is 0 Å². The van der Waals surface area contributed by atoms with Gasteiger partial charge in [0.15, 0.2) is 17.3 Å². The molecule has 9 heteroatoms. The molecular weight excluding hydrogens is 422 g/mol. The average Bonchev–Trinajstić information content (AvgIpc) is 3.51. The van der Waals surface area contributed by atoms with Crippen LogP contribution >= 0.6 is 11.6 Å². The molecule has 0 aliphatic carbocycles. The number of hydrogen-bond acceptors (Lipinski definition) is 7. The number of amides is 1. The monoisotopic (exact) mass is 437 g/mol. The van der Waals surface area contributed by atoms with Gasteiger partial charge in [-0.3, -0.25) is 4.79 Å². The van der Waals surface area contributed by atoms with Crippen LogP contribution in [0.25, 0.3) is 22.6 Å². The van der Waals surface area contributed by atoms with Crippen molar-refractivity contribution in [1.29, 1.82) is 0 Å². The van der Waals surface area contributed by atoms with E-state index in [1.807, 2.05) is 24.3 Å². The fourth-order valence-corrected chi connectivity index (χ4v) is 3.54. The minimum Gasteiger partial charge on any atom is -0.454 e. The van der Waals surface area contributed by atoms with E-state index in [-0.39, 0.29) is 19.2 Å². The lowest BCUT2D eigenvalue weighted by Gasteiger charge is -2.05. The first-order valence-electron chi connectivity index (χ1n) is 9.45. The largest absolute Gasteiger partial charge is 0.454 e. The highest BCUT2D eigenvalue weighted by Crippen LogP contribution is 2.36. The fourth-order valence-electron chi connectivity index (χ4n) is 3.32. The van der Waals surface area contributed by atoms with Crippen LogP contribution in [0, 0.1) is 6.92 Å². The average molecular weight is 438 g/mol. The third-order valence-electron chi connectivity index (χ3n) is 4.86. The lowest BCUT2D eigenvalue weighted by molar-refractivity contribution is 0.0949. The van der Waals surface area contributed by atoms with E-state index in [4.69, 9.17) is 30.1 Å². The Morgan fingerprint density at radius 2 is 1.90 bits per heavy atom. The van der Waals surface area contributed by atoms with Gasteiger partial charge in [0.05, 0.1) is 11.6 Å². The minimum atomic E-state index is -0.346. The second-order valence-corrected chi connectivity index (χ2v) is 7.28. The second-order valence-electron chi connectivity index (χ2n) is 6.88. The van der Waals surface area contributed by atoms with Crippen LogP contribution in [0.4, 0.5) is 0 Å². The maximum atomic E-state index is 12.9. The number of carbonyl (C=O) groups is 1. The standard InChI is InChI=1S/C22H16ClN3O5/c1-12-20(21(26-30-12)15-4-2-3-5-16(15)23)22(27)24-10-14-9-18(31-25-14)13-6-7-17-19(8-13)29-11-28-17/h2-9H,10-11H2,1H3,(H,24,27). The molecule has 1 aliphatic rings. The van der Waals surface area contributed by atoms with Crippen molar-refractivity contribution in [3.05, 3.63) is 70.6 Å². The topological polar surface area (TPSA) is 99.6 Å². The fraction of sp³-hybridized carbons (Fsp3) is 0.136. The van der Waals surface area contributed by atoms with Crippen LogP contribution in [0.2, 0.25) is 5.02 Å². The Kier molecular flexibility index (Phi) is 4.83. The highest BCUT2D eigenvalue weighted by Gasteiger charge is 2.23. The Morgan fingerprint density at radius 1 is 1.06 bits per heavy atom. The first-order chi connectivity index (χ1) is 15.1. The molecular formula is C22H16ClN3O5. The number of carbonyl (C=O) groups excluding carboxylic acids is 1. The van der Waals surface area contributed by atoms with Gasteiger partial charge >= 0.3 is 0 Å². The van der Waals surface area contributed by atoms with E-state index in [0.29, 0.717) is 50.6 Å². The normalized spacial score (nSPS) is 12.2. The molecule has 0 unspecified atom stereocenters. The minimum absolute atomic E-state index is 0.166. The van der Waals surface area contributed by atoms with Crippen molar-refractivity contribution in [3.63, 3.8) is 0 Å². The second kappa shape index (κ2) is 7.81. The molecule has 0 bridgehead atoms. The molecule has 0 saturated heterocycles. The van der Waals surface area contributed by atoms with Crippen molar-refractivity contribution in [1.82, 2.24) is 15.6 Å². The predicted molar refractivity (Wildman–Crippen MR) is 111 cm³/mol. The van der Waals surface area contributed by atoms with Crippen LogP contribution < -0.4 is 14.8 Å². The van der Waals surface area contributed by atoms with Crippen LogP contribution in [-0.4, -0.2) is 23.0 Å². The number of ether oxygens (including phenoxy) is 2. The Balaban J connectivity index is 1.32. The van der Waals surface area contributed by atoms with E-state index in [9.17, 15) is 4.79 Å². The van der Waals surface area contributed by atoms with E-state index >= 15 is 0 Å². The van der Waals surface area contributed by atoms with Crippen molar-refractivity contribution >= 4 is 17.5 Å². The molecule has 4 aromatic rings. The number of nitrogens with one attached hydrogen (secondary N) is 1. The van der Waals surface area contributed by atoms with Crippen molar-refractivity contribution in [3.8, 4) is 34.1 Å². The number of aromatic nitrogens is 2. The zero-order valence-corrected chi connectivity index (χ0v) is 17.1. The van der Waals surface area contributed by atoms with Gasteiger partial charge in [0.1, 0.15) is 22.7 Å². The van der Waals surface area contributed by atoms with Gasteiger partial charge in [-0.15, -0.1) is 0 Å². The maximum absolute atomic E-state index is 12.9. The molecule has 156 valence electrons. The number of fused-ring (bicyclic) bond motifs is 1. The number of benzene rings is 2. The van der Waals surface area contributed by atoms with Crippen LogP contribution in [-0.2, 0) is 6.54 Å². The molecule has 3 heterocycles. The number of nitrogens with zero attached hydrogens (tertiary/aromatic N) is 2. The third-order valence-corrected chi connectivity index (χ3v) is 5.19.